The standard InChI is InChI=1S/C30H63NO5Si3/c1-12-13-16-19-25(34-37(3,4)5)22-23-27-26(28(31-33-2)24-29(27)35-38(6,7)8)20-17-14-15-18-21-30(32)36-39(9,10)11/h25-27,29H,12-24H2,1-11H3/b31-28+/t25-,26+,27+,29+/m0/s1. The highest BCUT2D eigenvalue weighted by atomic mass is 28.4. The summed E-state index contributed by atoms with van der Waals surface area (Å²) >= 11 is 0. The molecule has 4 atom stereocenters. The molecule has 0 spiro atoms. The van der Waals surface area contributed by atoms with E-state index in [4.69, 9.17) is 18.1 Å². The van der Waals surface area contributed by atoms with E-state index in [0.717, 1.165) is 57.8 Å². The molecule has 0 unspecified atom stereocenters. The Bertz CT molecular complexity index is 728. The van der Waals surface area contributed by atoms with Crippen LogP contribution in [0.15, 0.2) is 5.16 Å². The van der Waals surface area contributed by atoms with E-state index >= 15 is 0 Å². The van der Waals surface area contributed by atoms with Crippen LogP contribution in [0.2, 0.25) is 58.9 Å². The van der Waals surface area contributed by atoms with E-state index < -0.39 is 25.0 Å². The normalized spacial score (nSPS) is 22.3. The van der Waals surface area contributed by atoms with Gasteiger partial charge in [-0.15, -0.1) is 0 Å². The maximum absolute atomic E-state index is 12.1. The Morgan fingerprint density at radius 2 is 1.51 bits per heavy atom. The minimum Gasteiger partial charge on any atom is -0.520 e. The van der Waals surface area contributed by atoms with Crippen molar-refractivity contribution >= 4 is 36.6 Å². The molecule has 1 fully saturated rings. The summed E-state index contributed by atoms with van der Waals surface area (Å²) in [6.07, 6.45) is 14.5. The van der Waals surface area contributed by atoms with Gasteiger partial charge in [-0.25, -0.2) is 0 Å². The average molecular weight is 602 g/mol. The first-order valence-electron chi connectivity index (χ1n) is 15.7. The zero-order valence-electron chi connectivity index (χ0n) is 27.5. The average Bonchev–Trinajstić information content (AvgIpc) is 3.06. The van der Waals surface area contributed by atoms with Crippen LogP contribution in [-0.2, 0) is 22.9 Å². The molecule has 230 valence electrons. The highest BCUT2D eigenvalue weighted by Gasteiger charge is 2.43. The van der Waals surface area contributed by atoms with E-state index in [-0.39, 0.29) is 12.1 Å². The van der Waals surface area contributed by atoms with E-state index in [1.807, 2.05) is 0 Å². The van der Waals surface area contributed by atoms with Crippen LogP contribution in [0.25, 0.3) is 0 Å². The minimum absolute atomic E-state index is 0.0279. The minimum atomic E-state index is -1.79. The van der Waals surface area contributed by atoms with Crippen LogP contribution in [0.1, 0.15) is 90.4 Å². The van der Waals surface area contributed by atoms with Crippen molar-refractivity contribution in [3.8, 4) is 0 Å². The summed E-state index contributed by atoms with van der Waals surface area (Å²) in [5.41, 5.74) is 1.18. The van der Waals surface area contributed by atoms with E-state index in [9.17, 15) is 4.79 Å². The lowest BCUT2D eigenvalue weighted by Gasteiger charge is -2.32. The smallest absolute Gasteiger partial charge is 0.292 e. The van der Waals surface area contributed by atoms with E-state index in [0.29, 0.717) is 24.4 Å². The Labute approximate surface area is 244 Å². The Hall–Kier alpha value is -0.489. The van der Waals surface area contributed by atoms with Gasteiger partial charge in [-0.1, -0.05) is 50.6 Å². The monoisotopic (exact) mass is 601 g/mol. The van der Waals surface area contributed by atoms with Gasteiger partial charge in [0, 0.05) is 24.9 Å². The topological polar surface area (TPSA) is 66.4 Å². The van der Waals surface area contributed by atoms with Crippen molar-refractivity contribution < 1.29 is 22.9 Å². The lowest BCUT2D eigenvalue weighted by atomic mass is 9.84. The van der Waals surface area contributed by atoms with Crippen LogP contribution >= 0.6 is 0 Å². The third kappa shape index (κ3) is 17.2. The van der Waals surface area contributed by atoms with E-state index in [1.165, 1.54) is 25.0 Å². The van der Waals surface area contributed by atoms with Crippen molar-refractivity contribution in [3.63, 3.8) is 0 Å². The molecule has 0 aromatic rings. The SMILES string of the molecule is CCCCC[C@@H](CC[C@H]1[C@H](O[Si](C)(C)C)C/C(=N\OC)[C@@H]1CCCCCCC(=O)O[Si](C)(C)C)O[Si](C)(C)C. The molecule has 0 bridgehead atoms. The van der Waals surface area contributed by atoms with Crippen molar-refractivity contribution in [3.05, 3.63) is 0 Å². The van der Waals surface area contributed by atoms with Gasteiger partial charge in [-0.2, -0.15) is 0 Å². The summed E-state index contributed by atoms with van der Waals surface area (Å²) in [6, 6.07) is 0. The molecule has 0 aliphatic heterocycles. The van der Waals surface area contributed by atoms with Crippen molar-refractivity contribution in [1.82, 2.24) is 0 Å². The fourth-order valence-electron chi connectivity index (χ4n) is 5.73. The number of carbonyl (C=O) groups is 1. The highest BCUT2D eigenvalue weighted by Crippen LogP contribution is 2.41. The van der Waals surface area contributed by atoms with Crippen LogP contribution in [0.3, 0.4) is 0 Å². The first-order chi connectivity index (χ1) is 18.0. The lowest BCUT2D eigenvalue weighted by Crippen LogP contribution is -2.36. The molecule has 1 rings (SSSR count). The molecule has 0 radical (unpaired) electrons. The van der Waals surface area contributed by atoms with Gasteiger partial charge in [-0.3, -0.25) is 4.79 Å². The summed E-state index contributed by atoms with van der Waals surface area (Å²) in [4.78, 5) is 17.4. The Balaban J connectivity index is 2.85. The number of carbonyl (C=O) groups excluding carboxylic acids is 1. The quantitative estimate of drug-likeness (QED) is 0.0791. The van der Waals surface area contributed by atoms with Gasteiger partial charge >= 0.3 is 0 Å². The molecule has 6 nitrogen and oxygen atoms in total. The van der Waals surface area contributed by atoms with Gasteiger partial charge in [-0.05, 0) is 96.9 Å². The van der Waals surface area contributed by atoms with Crippen molar-refractivity contribution in [2.24, 2.45) is 17.0 Å². The molecule has 1 aliphatic rings. The lowest BCUT2D eigenvalue weighted by molar-refractivity contribution is -0.135. The van der Waals surface area contributed by atoms with E-state index in [2.05, 4.69) is 71.0 Å². The number of hydrogen-bond acceptors (Lipinski definition) is 6. The zero-order valence-corrected chi connectivity index (χ0v) is 30.5. The molecule has 9 heteroatoms. The van der Waals surface area contributed by atoms with E-state index in [1.54, 1.807) is 7.11 Å². The molecule has 0 saturated heterocycles. The third-order valence-electron chi connectivity index (χ3n) is 7.08. The van der Waals surface area contributed by atoms with Crippen molar-refractivity contribution in [2.75, 3.05) is 7.11 Å². The molecule has 39 heavy (non-hydrogen) atoms. The van der Waals surface area contributed by atoms with Gasteiger partial charge in [0.25, 0.3) is 5.97 Å². The molecular formula is C30H63NO5Si3. The maximum Gasteiger partial charge on any atom is 0.292 e. The fourth-order valence-corrected chi connectivity index (χ4v) is 8.92. The number of oxime groups is 1. The van der Waals surface area contributed by atoms with Gasteiger partial charge in [0.1, 0.15) is 7.11 Å². The first kappa shape index (κ1) is 36.5. The predicted molar refractivity (Wildman–Crippen MR) is 173 cm³/mol. The first-order valence-corrected chi connectivity index (χ1v) is 25.9. The van der Waals surface area contributed by atoms with Crippen LogP contribution in [0, 0.1) is 11.8 Å². The molecule has 0 aromatic heterocycles. The molecule has 0 N–H and O–H groups in total. The summed E-state index contributed by atoms with van der Waals surface area (Å²) in [5, 5.41) is 4.53. The third-order valence-corrected chi connectivity index (χ3v) is 9.97. The molecule has 0 heterocycles. The Morgan fingerprint density at radius 1 is 0.846 bits per heavy atom. The number of nitrogens with zero attached hydrogens (tertiary/aromatic N) is 1. The highest BCUT2D eigenvalue weighted by molar-refractivity contribution is 6.71. The van der Waals surface area contributed by atoms with Crippen LogP contribution in [-0.4, -0.2) is 56.0 Å². The second-order valence-corrected chi connectivity index (χ2v) is 27.8. The van der Waals surface area contributed by atoms with Crippen molar-refractivity contribution in [1.29, 1.82) is 0 Å². The second kappa shape index (κ2) is 17.5. The van der Waals surface area contributed by atoms with Crippen LogP contribution < -0.4 is 0 Å². The number of hydrogen-bond donors (Lipinski definition) is 0. The molecule has 1 aliphatic carbocycles. The van der Waals surface area contributed by atoms with Gasteiger partial charge in [0.05, 0.1) is 11.8 Å². The van der Waals surface area contributed by atoms with Gasteiger partial charge in [0.15, 0.2) is 16.6 Å². The molecule has 0 aromatic carbocycles. The molecular weight excluding hydrogens is 539 g/mol. The summed E-state index contributed by atoms with van der Waals surface area (Å²) < 4.78 is 19.1. The Morgan fingerprint density at radius 3 is 2.08 bits per heavy atom. The second-order valence-electron chi connectivity index (χ2n) is 14.5. The van der Waals surface area contributed by atoms with Crippen LogP contribution in [0.5, 0.6) is 0 Å². The number of rotatable bonds is 20. The Kier molecular flexibility index (Phi) is 16.4. The molecule has 0 amide bonds. The number of unbranched alkanes of at least 4 members (excludes halogenated alkanes) is 5. The summed E-state index contributed by atoms with van der Waals surface area (Å²) in [6.45, 7) is 22.3. The fraction of sp³-hybridized carbons (Fsp3) is 0.933. The van der Waals surface area contributed by atoms with Crippen LogP contribution in [0.4, 0.5) is 0 Å². The zero-order chi connectivity index (χ0) is 29.7. The van der Waals surface area contributed by atoms with Crippen molar-refractivity contribution in [2.45, 2.75) is 162 Å². The predicted octanol–water partition coefficient (Wildman–Crippen LogP) is 9.14. The van der Waals surface area contributed by atoms with Gasteiger partial charge in [0.2, 0.25) is 8.32 Å². The molecule has 1 saturated carbocycles. The summed E-state index contributed by atoms with van der Waals surface area (Å²) in [7, 11) is -3.44. The summed E-state index contributed by atoms with van der Waals surface area (Å²) in [5.74, 6) is 0.822. The largest absolute Gasteiger partial charge is 0.520 e. The maximum atomic E-state index is 12.1. The van der Waals surface area contributed by atoms with Gasteiger partial charge < -0.3 is 18.1 Å².